The summed E-state index contributed by atoms with van der Waals surface area (Å²) in [6, 6.07) is 12.1. The van der Waals surface area contributed by atoms with Gasteiger partial charge in [-0.05, 0) is 37.3 Å². The van der Waals surface area contributed by atoms with Gasteiger partial charge in [0, 0.05) is 5.56 Å². The highest BCUT2D eigenvalue weighted by Gasteiger charge is 2.10. The van der Waals surface area contributed by atoms with Gasteiger partial charge in [-0.25, -0.2) is 9.18 Å². The lowest BCUT2D eigenvalue weighted by Gasteiger charge is -2.09. The summed E-state index contributed by atoms with van der Waals surface area (Å²) in [4.78, 5) is 23.4. The first-order valence-electron chi connectivity index (χ1n) is 7.04. The number of amides is 1. The van der Waals surface area contributed by atoms with Crippen LogP contribution in [0.2, 0.25) is 0 Å². The molecule has 0 bridgehead atoms. The second-order valence-electron chi connectivity index (χ2n) is 4.56. The number of nitrogens with one attached hydrogen (secondary N) is 1. The van der Waals surface area contributed by atoms with Gasteiger partial charge in [-0.2, -0.15) is 0 Å². The molecule has 0 aliphatic carbocycles. The maximum absolute atomic E-state index is 13.5. The highest BCUT2D eigenvalue weighted by Crippen LogP contribution is 2.17. The lowest BCUT2D eigenvalue weighted by molar-refractivity contribution is -0.145. The van der Waals surface area contributed by atoms with Crippen LogP contribution >= 0.6 is 0 Å². The van der Waals surface area contributed by atoms with Crippen molar-refractivity contribution in [2.24, 2.45) is 0 Å². The van der Waals surface area contributed by atoms with E-state index in [2.05, 4.69) is 5.32 Å². The quantitative estimate of drug-likeness (QED) is 0.832. The van der Waals surface area contributed by atoms with E-state index in [-0.39, 0.29) is 24.5 Å². The zero-order valence-corrected chi connectivity index (χ0v) is 12.5. The molecule has 6 heteroatoms. The fraction of sp³-hybridized carbons (Fsp3) is 0.176. The van der Waals surface area contributed by atoms with Gasteiger partial charge in [-0.3, -0.25) is 4.79 Å². The molecule has 0 atom stereocenters. The van der Waals surface area contributed by atoms with E-state index in [0.29, 0.717) is 5.75 Å². The van der Waals surface area contributed by atoms with Crippen molar-refractivity contribution < 1.29 is 23.5 Å². The van der Waals surface area contributed by atoms with Gasteiger partial charge in [-0.15, -0.1) is 0 Å². The molecule has 0 saturated carbocycles. The van der Waals surface area contributed by atoms with Crippen LogP contribution in [0.15, 0.2) is 48.5 Å². The second-order valence-corrected chi connectivity index (χ2v) is 4.56. The van der Waals surface area contributed by atoms with Crippen LogP contribution in [0.4, 0.5) is 10.1 Å². The number of ether oxygens (including phenoxy) is 2. The summed E-state index contributed by atoms with van der Waals surface area (Å²) in [6.07, 6.45) is 0. The van der Waals surface area contributed by atoms with Crippen molar-refractivity contribution in [3.05, 3.63) is 59.9 Å². The van der Waals surface area contributed by atoms with E-state index >= 15 is 0 Å². The first kappa shape index (κ1) is 16.5. The number of anilines is 1. The fourth-order valence-electron chi connectivity index (χ4n) is 1.83. The number of para-hydroxylation sites is 1. The largest absolute Gasteiger partial charge is 0.482 e. The molecular formula is C17H16FNO4. The highest BCUT2D eigenvalue weighted by atomic mass is 19.1. The predicted molar refractivity (Wildman–Crippen MR) is 82.9 cm³/mol. The SMILES string of the molecule is CCOC(=O)COc1cccc(C(=O)Nc2ccccc2F)c1. The number of esters is 1. The van der Waals surface area contributed by atoms with E-state index in [1.165, 1.54) is 24.3 Å². The van der Waals surface area contributed by atoms with Crippen LogP contribution in [0.25, 0.3) is 0 Å². The van der Waals surface area contributed by atoms with Crippen LogP contribution in [-0.2, 0) is 9.53 Å². The van der Waals surface area contributed by atoms with Crippen LogP contribution in [0.3, 0.4) is 0 Å². The average Bonchev–Trinajstić information content (AvgIpc) is 2.55. The van der Waals surface area contributed by atoms with Gasteiger partial charge in [0.25, 0.3) is 5.91 Å². The lowest BCUT2D eigenvalue weighted by atomic mass is 10.2. The van der Waals surface area contributed by atoms with Gasteiger partial charge in [0.2, 0.25) is 0 Å². The monoisotopic (exact) mass is 317 g/mol. The third-order valence-corrected chi connectivity index (χ3v) is 2.88. The van der Waals surface area contributed by atoms with Gasteiger partial charge in [-0.1, -0.05) is 18.2 Å². The molecule has 2 aromatic rings. The van der Waals surface area contributed by atoms with Crippen molar-refractivity contribution in [3.8, 4) is 5.75 Å². The van der Waals surface area contributed by atoms with Crippen LogP contribution in [-0.4, -0.2) is 25.1 Å². The maximum atomic E-state index is 13.5. The zero-order valence-electron chi connectivity index (χ0n) is 12.5. The predicted octanol–water partition coefficient (Wildman–Crippen LogP) is 3.02. The molecule has 0 aliphatic heterocycles. The summed E-state index contributed by atoms with van der Waals surface area (Å²) in [5.41, 5.74) is 0.380. The Balaban J connectivity index is 2.02. The molecule has 2 aromatic carbocycles. The van der Waals surface area contributed by atoms with Gasteiger partial charge in [0.05, 0.1) is 12.3 Å². The number of carbonyl (C=O) groups is 2. The standard InChI is InChI=1S/C17H16FNO4/c1-2-22-16(20)11-23-13-7-5-6-12(10-13)17(21)19-15-9-4-3-8-14(15)18/h3-10H,2,11H2,1H3,(H,19,21). The van der Waals surface area contributed by atoms with Crippen LogP contribution in [0, 0.1) is 5.82 Å². The lowest BCUT2D eigenvalue weighted by Crippen LogP contribution is -2.15. The molecule has 23 heavy (non-hydrogen) atoms. The normalized spacial score (nSPS) is 10.0. The third-order valence-electron chi connectivity index (χ3n) is 2.88. The number of hydrogen-bond donors (Lipinski definition) is 1. The molecule has 0 heterocycles. The summed E-state index contributed by atoms with van der Waals surface area (Å²) in [5, 5.41) is 2.48. The molecular weight excluding hydrogens is 301 g/mol. The first-order chi connectivity index (χ1) is 11.1. The minimum absolute atomic E-state index is 0.0929. The third kappa shape index (κ3) is 4.81. The van der Waals surface area contributed by atoms with E-state index in [0.717, 1.165) is 0 Å². The molecule has 0 saturated heterocycles. The second kappa shape index (κ2) is 7.93. The molecule has 0 fully saturated rings. The summed E-state index contributed by atoms with van der Waals surface area (Å²) in [6.45, 7) is 1.73. The molecule has 2 rings (SSSR count). The Morgan fingerprint density at radius 2 is 1.91 bits per heavy atom. The number of carbonyl (C=O) groups excluding carboxylic acids is 2. The van der Waals surface area contributed by atoms with E-state index in [9.17, 15) is 14.0 Å². The summed E-state index contributed by atoms with van der Waals surface area (Å²) < 4.78 is 23.5. The number of halogens is 1. The van der Waals surface area contributed by atoms with Crippen molar-refractivity contribution in [2.75, 3.05) is 18.5 Å². The van der Waals surface area contributed by atoms with Crippen LogP contribution in [0.5, 0.6) is 5.75 Å². The molecule has 1 N–H and O–H groups in total. The molecule has 120 valence electrons. The molecule has 5 nitrogen and oxygen atoms in total. The zero-order chi connectivity index (χ0) is 16.7. The Labute approximate surface area is 133 Å². The first-order valence-corrected chi connectivity index (χ1v) is 7.04. The molecule has 0 spiro atoms. The minimum Gasteiger partial charge on any atom is -0.482 e. The van der Waals surface area contributed by atoms with Gasteiger partial charge in [0.1, 0.15) is 11.6 Å². The number of benzene rings is 2. The smallest absolute Gasteiger partial charge is 0.344 e. The van der Waals surface area contributed by atoms with Crippen molar-refractivity contribution >= 4 is 17.6 Å². The Bertz CT molecular complexity index is 702. The Morgan fingerprint density at radius 1 is 1.13 bits per heavy atom. The average molecular weight is 317 g/mol. The van der Waals surface area contributed by atoms with E-state index in [4.69, 9.17) is 9.47 Å². The Kier molecular flexibility index (Phi) is 5.68. The van der Waals surface area contributed by atoms with E-state index in [1.54, 1.807) is 31.2 Å². The molecule has 0 aliphatic rings. The fourth-order valence-corrected chi connectivity index (χ4v) is 1.83. The van der Waals surface area contributed by atoms with E-state index in [1.807, 2.05) is 0 Å². The summed E-state index contributed by atoms with van der Waals surface area (Å²) >= 11 is 0. The van der Waals surface area contributed by atoms with Crippen LogP contribution < -0.4 is 10.1 Å². The molecule has 0 radical (unpaired) electrons. The van der Waals surface area contributed by atoms with Crippen molar-refractivity contribution in [1.29, 1.82) is 0 Å². The minimum atomic E-state index is -0.518. The van der Waals surface area contributed by atoms with Gasteiger partial charge in [0.15, 0.2) is 6.61 Å². The maximum Gasteiger partial charge on any atom is 0.344 e. The van der Waals surface area contributed by atoms with E-state index < -0.39 is 17.7 Å². The van der Waals surface area contributed by atoms with Gasteiger partial charge < -0.3 is 14.8 Å². The van der Waals surface area contributed by atoms with Crippen molar-refractivity contribution in [3.63, 3.8) is 0 Å². The summed E-state index contributed by atoms with van der Waals surface area (Å²) in [5.74, 6) is -1.14. The molecule has 0 unspecified atom stereocenters. The topological polar surface area (TPSA) is 64.6 Å². The Morgan fingerprint density at radius 3 is 2.65 bits per heavy atom. The number of hydrogen-bond acceptors (Lipinski definition) is 4. The molecule has 0 aromatic heterocycles. The molecule has 1 amide bonds. The van der Waals surface area contributed by atoms with Crippen molar-refractivity contribution in [2.45, 2.75) is 6.92 Å². The van der Waals surface area contributed by atoms with Gasteiger partial charge >= 0.3 is 5.97 Å². The van der Waals surface area contributed by atoms with Crippen molar-refractivity contribution in [1.82, 2.24) is 0 Å². The number of rotatable bonds is 6. The van der Waals surface area contributed by atoms with Crippen LogP contribution in [0.1, 0.15) is 17.3 Å². The highest BCUT2D eigenvalue weighted by molar-refractivity contribution is 6.04. The Hall–Kier alpha value is -2.89. The summed E-state index contributed by atoms with van der Waals surface area (Å²) in [7, 11) is 0.